The second-order valence-corrected chi connectivity index (χ2v) is 4.99. The van der Waals surface area contributed by atoms with Crippen molar-refractivity contribution in [1.29, 1.82) is 0 Å². The number of hydrogen-bond acceptors (Lipinski definition) is 1. The van der Waals surface area contributed by atoms with Crippen LogP contribution in [0.5, 0.6) is 0 Å². The van der Waals surface area contributed by atoms with Crippen molar-refractivity contribution in [2.75, 3.05) is 0 Å². The largest absolute Gasteiger partial charge is 0.320 e. The van der Waals surface area contributed by atoms with Crippen LogP contribution in [-0.4, -0.2) is 0 Å². The molecule has 2 aromatic rings. The topological polar surface area (TPSA) is 26.0 Å². The third kappa shape index (κ3) is 2.62. The van der Waals surface area contributed by atoms with Gasteiger partial charge < -0.3 is 5.73 Å². The van der Waals surface area contributed by atoms with E-state index in [4.69, 9.17) is 17.3 Å². The summed E-state index contributed by atoms with van der Waals surface area (Å²) in [5.74, 6) is -0.751. The van der Waals surface area contributed by atoms with Gasteiger partial charge in [0.25, 0.3) is 0 Å². The van der Waals surface area contributed by atoms with Crippen LogP contribution in [0.2, 0.25) is 5.02 Å². The molecule has 4 heteroatoms. The molecule has 100 valence electrons. The van der Waals surface area contributed by atoms with Gasteiger partial charge in [-0.05, 0) is 42.7 Å². The van der Waals surface area contributed by atoms with Gasteiger partial charge in [0.2, 0.25) is 0 Å². The first kappa shape index (κ1) is 14.0. The zero-order valence-corrected chi connectivity index (χ0v) is 11.4. The highest BCUT2D eigenvalue weighted by atomic mass is 35.5. The lowest BCUT2D eigenvalue weighted by atomic mass is 9.96. The Hall–Kier alpha value is -1.45. The molecule has 2 rings (SSSR count). The zero-order valence-electron chi connectivity index (χ0n) is 10.7. The summed E-state index contributed by atoms with van der Waals surface area (Å²) >= 11 is 6.00. The number of halogens is 3. The second-order valence-electron chi connectivity index (χ2n) is 4.58. The van der Waals surface area contributed by atoms with Gasteiger partial charge in [-0.15, -0.1) is 0 Å². The van der Waals surface area contributed by atoms with Gasteiger partial charge in [0.1, 0.15) is 11.6 Å². The highest BCUT2D eigenvalue weighted by molar-refractivity contribution is 6.31. The molecule has 0 amide bonds. The van der Waals surface area contributed by atoms with E-state index in [9.17, 15) is 8.78 Å². The number of aryl methyl sites for hydroxylation is 2. The molecule has 0 heterocycles. The smallest absolute Gasteiger partial charge is 0.131 e. The maximum atomic E-state index is 14.1. The van der Waals surface area contributed by atoms with E-state index in [1.165, 1.54) is 6.07 Å². The van der Waals surface area contributed by atoms with E-state index in [0.29, 0.717) is 22.3 Å². The second kappa shape index (κ2) is 5.27. The number of nitrogens with two attached hydrogens (primary N) is 1. The molecule has 0 fully saturated rings. The standard InChI is InChI=1S/C15H14ClF2N/c1-8-4-3-5-10(14(8)18)15(19)11-6-9(2)13(17)7-12(11)16/h3-7,15H,19H2,1-2H3. The van der Waals surface area contributed by atoms with Crippen LogP contribution in [0, 0.1) is 25.5 Å². The van der Waals surface area contributed by atoms with Crippen molar-refractivity contribution in [3.8, 4) is 0 Å². The molecule has 2 N–H and O–H groups in total. The van der Waals surface area contributed by atoms with Gasteiger partial charge in [0.05, 0.1) is 6.04 Å². The van der Waals surface area contributed by atoms with Crippen LogP contribution >= 0.6 is 11.6 Å². The molecule has 1 unspecified atom stereocenters. The van der Waals surface area contributed by atoms with E-state index in [1.807, 2.05) is 0 Å². The Balaban J connectivity index is 2.53. The summed E-state index contributed by atoms with van der Waals surface area (Å²) in [6.07, 6.45) is 0. The molecule has 1 atom stereocenters. The zero-order chi connectivity index (χ0) is 14.2. The molecule has 0 aliphatic heterocycles. The van der Waals surface area contributed by atoms with E-state index in [2.05, 4.69) is 0 Å². The fourth-order valence-electron chi connectivity index (χ4n) is 2.00. The first-order valence-electron chi connectivity index (χ1n) is 5.88. The van der Waals surface area contributed by atoms with Crippen LogP contribution in [0.15, 0.2) is 30.3 Å². The molecule has 19 heavy (non-hydrogen) atoms. The Morgan fingerprint density at radius 1 is 1.05 bits per heavy atom. The quantitative estimate of drug-likeness (QED) is 0.873. The van der Waals surface area contributed by atoms with Gasteiger partial charge in [0, 0.05) is 10.6 Å². The summed E-state index contributed by atoms with van der Waals surface area (Å²) in [5, 5.41) is 0.205. The third-order valence-electron chi connectivity index (χ3n) is 3.17. The Morgan fingerprint density at radius 2 is 1.74 bits per heavy atom. The molecule has 0 aliphatic rings. The van der Waals surface area contributed by atoms with E-state index in [-0.39, 0.29) is 10.8 Å². The third-order valence-corrected chi connectivity index (χ3v) is 3.50. The molecule has 2 aromatic carbocycles. The number of rotatable bonds is 2. The molecule has 0 aliphatic carbocycles. The van der Waals surface area contributed by atoms with Crippen LogP contribution < -0.4 is 5.73 Å². The summed E-state index contributed by atoms with van der Waals surface area (Å²) < 4.78 is 27.4. The van der Waals surface area contributed by atoms with E-state index < -0.39 is 11.9 Å². The minimum Gasteiger partial charge on any atom is -0.320 e. The molecule has 0 spiro atoms. The van der Waals surface area contributed by atoms with Crippen LogP contribution in [-0.2, 0) is 0 Å². The molecule has 0 radical (unpaired) electrons. The Labute approximate surface area is 116 Å². The molecule has 0 aromatic heterocycles. The first-order valence-corrected chi connectivity index (χ1v) is 6.25. The van der Waals surface area contributed by atoms with Crippen molar-refractivity contribution < 1.29 is 8.78 Å². The molecule has 0 bridgehead atoms. The Morgan fingerprint density at radius 3 is 2.42 bits per heavy atom. The maximum absolute atomic E-state index is 14.1. The van der Waals surface area contributed by atoms with Crippen LogP contribution in [0.1, 0.15) is 28.3 Å². The van der Waals surface area contributed by atoms with Gasteiger partial charge in [-0.2, -0.15) is 0 Å². The van der Waals surface area contributed by atoms with Crippen molar-refractivity contribution in [2.45, 2.75) is 19.9 Å². The summed E-state index contributed by atoms with van der Waals surface area (Å²) in [7, 11) is 0. The monoisotopic (exact) mass is 281 g/mol. The lowest BCUT2D eigenvalue weighted by molar-refractivity contribution is 0.589. The van der Waals surface area contributed by atoms with Gasteiger partial charge in [0.15, 0.2) is 0 Å². The lowest BCUT2D eigenvalue weighted by Crippen LogP contribution is -2.15. The van der Waals surface area contributed by atoms with E-state index in [1.54, 1.807) is 38.1 Å². The highest BCUT2D eigenvalue weighted by Gasteiger charge is 2.18. The predicted molar refractivity (Wildman–Crippen MR) is 73.3 cm³/mol. The van der Waals surface area contributed by atoms with Gasteiger partial charge in [-0.3, -0.25) is 0 Å². The van der Waals surface area contributed by atoms with Crippen molar-refractivity contribution in [3.63, 3.8) is 0 Å². The fraction of sp³-hybridized carbons (Fsp3) is 0.200. The predicted octanol–water partition coefficient (Wildman–Crippen LogP) is 4.28. The van der Waals surface area contributed by atoms with Crippen LogP contribution in [0.3, 0.4) is 0 Å². The molecule has 0 saturated heterocycles. The minimum absolute atomic E-state index is 0.205. The Bertz CT molecular complexity index is 626. The van der Waals surface area contributed by atoms with Crippen LogP contribution in [0.25, 0.3) is 0 Å². The average Bonchev–Trinajstić information content (AvgIpc) is 2.36. The Kier molecular flexibility index (Phi) is 3.88. The normalized spacial score (nSPS) is 12.5. The van der Waals surface area contributed by atoms with Gasteiger partial charge >= 0.3 is 0 Å². The molecular formula is C15H14ClF2N. The SMILES string of the molecule is Cc1cc(C(N)c2cccc(C)c2F)c(Cl)cc1F. The van der Waals surface area contributed by atoms with E-state index >= 15 is 0 Å². The van der Waals surface area contributed by atoms with Gasteiger partial charge in [-0.25, -0.2) is 8.78 Å². The summed E-state index contributed by atoms with van der Waals surface area (Å²) in [6, 6.07) is 7.07. The molecule has 0 saturated carbocycles. The molecule has 1 nitrogen and oxygen atoms in total. The summed E-state index contributed by atoms with van der Waals surface area (Å²) in [4.78, 5) is 0. The maximum Gasteiger partial charge on any atom is 0.131 e. The molecular weight excluding hydrogens is 268 g/mol. The number of benzene rings is 2. The average molecular weight is 282 g/mol. The lowest BCUT2D eigenvalue weighted by Gasteiger charge is -2.17. The fourth-order valence-corrected chi connectivity index (χ4v) is 2.26. The van der Waals surface area contributed by atoms with Crippen molar-refractivity contribution in [3.05, 3.63) is 69.2 Å². The van der Waals surface area contributed by atoms with Crippen molar-refractivity contribution in [1.82, 2.24) is 0 Å². The van der Waals surface area contributed by atoms with Gasteiger partial charge in [-0.1, -0.05) is 29.8 Å². The van der Waals surface area contributed by atoms with Crippen LogP contribution in [0.4, 0.5) is 8.78 Å². The summed E-state index contributed by atoms with van der Waals surface area (Å²) in [6.45, 7) is 3.29. The van der Waals surface area contributed by atoms with Crippen molar-refractivity contribution >= 4 is 11.6 Å². The van der Waals surface area contributed by atoms with Crippen molar-refractivity contribution in [2.24, 2.45) is 5.73 Å². The highest BCUT2D eigenvalue weighted by Crippen LogP contribution is 2.30. The summed E-state index contributed by atoms with van der Waals surface area (Å²) in [5.41, 5.74) is 7.88. The van der Waals surface area contributed by atoms with E-state index in [0.717, 1.165) is 0 Å². The first-order chi connectivity index (χ1) is 8.91. The number of hydrogen-bond donors (Lipinski definition) is 1. The minimum atomic E-state index is -0.716.